The Hall–Kier alpha value is -1.92. The molecule has 0 bridgehead atoms. The maximum Gasteiger partial charge on any atom is 0.416 e. The standard InChI is InChI=1S/C22H26F3NO2.ClH/c1-14(26(4)5)27-17-9-10-18-19(13-21(2,3)28-20(18)12-17)15-7-6-8-16(11-15)22(23,24)25;/h6-12,14,19H,13H2,1-5H3;1H. The molecule has 2 atom stereocenters. The van der Waals surface area contributed by atoms with Crippen molar-refractivity contribution < 1.29 is 22.6 Å². The minimum Gasteiger partial charge on any atom is -0.487 e. The van der Waals surface area contributed by atoms with Gasteiger partial charge in [-0.15, -0.1) is 12.4 Å². The molecule has 0 amide bonds. The monoisotopic (exact) mass is 429 g/mol. The molecule has 2 unspecified atom stereocenters. The van der Waals surface area contributed by atoms with Crippen molar-refractivity contribution in [1.82, 2.24) is 4.90 Å². The molecule has 0 aliphatic carbocycles. The van der Waals surface area contributed by atoms with E-state index < -0.39 is 17.3 Å². The van der Waals surface area contributed by atoms with Crippen LogP contribution in [0.5, 0.6) is 11.5 Å². The van der Waals surface area contributed by atoms with E-state index >= 15 is 0 Å². The zero-order valence-corrected chi connectivity index (χ0v) is 18.0. The predicted octanol–water partition coefficient (Wildman–Crippen LogP) is 6.11. The second-order valence-corrected chi connectivity index (χ2v) is 8.12. The Morgan fingerprint density at radius 3 is 2.45 bits per heavy atom. The highest BCUT2D eigenvalue weighted by atomic mass is 35.5. The number of benzene rings is 2. The smallest absolute Gasteiger partial charge is 0.416 e. The van der Waals surface area contributed by atoms with E-state index in [0.29, 0.717) is 23.5 Å². The van der Waals surface area contributed by atoms with E-state index in [-0.39, 0.29) is 24.6 Å². The van der Waals surface area contributed by atoms with E-state index in [2.05, 4.69) is 0 Å². The second kappa shape index (κ2) is 8.44. The summed E-state index contributed by atoms with van der Waals surface area (Å²) in [5, 5.41) is 0. The lowest BCUT2D eigenvalue weighted by molar-refractivity contribution is -0.137. The zero-order valence-electron chi connectivity index (χ0n) is 17.2. The van der Waals surface area contributed by atoms with Crippen molar-refractivity contribution in [1.29, 1.82) is 0 Å². The molecule has 0 radical (unpaired) electrons. The summed E-state index contributed by atoms with van der Waals surface area (Å²) in [5.41, 5.74) is 0.388. The van der Waals surface area contributed by atoms with E-state index in [1.54, 1.807) is 6.07 Å². The first kappa shape index (κ1) is 23.4. The maximum atomic E-state index is 13.2. The van der Waals surface area contributed by atoms with Crippen molar-refractivity contribution in [2.75, 3.05) is 14.1 Å². The Labute approximate surface area is 176 Å². The highest BCUT2D eigenvalue weighted by Crippen LogP contribution is 2.46. The minimum absolute atomic E-state index is 0. The number of rotatable bonds is 4. The first-order valence-electron chi connectivity index (χ1n) is 9.29. The van der Waals surface area contributed by atoms with Gasteiger partial charge in [-0.1, -0.05) is 24.3 Å². The number of halogens is 4. The summed E-state index contributed by atoms with van der Waals surface area (Å²) in [6.07, 6.45) is -3.89. The number of hydrogen-bond donors (Lipinski definition) is 0. The van der Waals surface area contributed by atoms with E-state index in [0.717, 1.165) is 11.6 Å². The van der Waals surface area contributed by atoms with E-state index in [4.69, 9.17) is 9.47 Å². The van der Waals surface area contributed by atoms with Crippen molar-refractivity contribution >= 4 is 12.4 Å². The van der Waals surface area contributed by atoms with Gasteiger partial charge < -0.3 is 9.47 Å². The van der Waals surface area contributed by atoms with Gasteiger partial charge in [0.2, 0.25) is 0 Å². The van der Waals surface area contributed by atoms with Crippen LogP contribution in [0.4, 0.5) is 13.2 Å². The molecule has 1 heterocycles. The van der Waals surface area contributed by atoms with Crippen molar-refractivity contribution in [2.24, 2.45) is 0 Å². The van der Waals surface area contributed by atoms with Gasteiger partial charge in [-0.05, 0) is 59.0 Å². The average Bonchev–Trinajstić information content (AvgIpc) is 2.59. The molecular formula is C22H27ClF3NO2. The van der Waals surface area contributed by atoms with Crippen LogP contribution in [-0.4, -0.2) is 30.8 Å². The second-order valence-electron chi connectivity index (χ2n) is 8.12. The normalized spacial score (nSPS) is 19.0. The number of nitrogens with zero attached hydrogens (tertiary/aromatic N) is 1. The van der Waals surface area contributed by atoms with Crippen LogP contribution in [-0.2, 0) is 6.18 Å². The quantitative estimate of drug-likeness (QED) is 0.547. The first-order valence-corrected chi connectivity index (χ1v) is 9.29. The summed E-state index contributed by atoms with van der Waals surface area (Å²) >= 11 is 0. The SMILES string of the molecule is CC(Oc1ccc2c(c1)OC(C)(C)CC2c1cccc(C(F)(F)F)c1)N(C)C.Cl. The van der Waals surface area contributed by atoms with Crippen LogP contribution in [0.25, 0.3) is 0 Å². The third-order valence-electron chi connectivity index (χ3n) is 5.09. The number of alkyl halides is 3. The van der Waals surface area contributed by atoms with Crippen LogP contribution in [0.1, 0.15) is 49.8 Å². The minimum atomic E-state index is -4.36. The van der Waals surface area contributed by atoms with Crippen LogP contribution < -0.4 is 9.47 Å². The molecule has 7 heteroatoms. The molecular weight excluding hydrogens is 403 g/mol. The molecule has 1 aliphatic rings. The van der Waals surface area contributed by atoms with Crippen LogP contribution in [0.15, 0.2) is 42.5 Å². The third-order valence-corrected chi connectivity index (χ3v) is 5.09. The fourth-order valence-corrected chi connectivity index (χ4v) is 3.44. The van der Waals surface area contributed by atoms with Gasteiger partial charge in [0.1, 0.15) is 23.3 Å². The molecule has 0 fully saturated rings. The van der Waals surface area contributed by atoms with Crippen molar-refractivity contribution in [3.8, 4) is 11.5 Å². The highest BCUT2D eigenvalue weighted by molar-refractivity contribution is 5.85. The van der Waals surface area contributed by atoms with Gasteiger partial charge in [0, 0.05) is 17.5 Å². The Kier molecular flexibility index (Phi) is 6.80. The Morgan fingerprint density at radius 1 is 1.14 bits per heavy atom. The van der Waals surface area contributed by atoms with Crippen LogP contribution >= 0.6 is 12.4 Å². The summed E-state index contributed by atoms with van der Waals surface area (Å²) < 4.78 is 51.6. The summed E-state index contributed by atoms with van der Waals surface area (Å²) in [7, 11) is 3.85. The van der Waals surface area contributed by atoms with Crippen LogP contribution in [0.3, 0.4) is 0 Å². The number of fused-ring (bicyclic) bond motifs is 1. The van der Waals surface area contributed by atoms with Crippen molar-refractivity contribution in [3.05, 3.63) is 59.2 Å². The summed E-state index contributed by atoms with van der Waals surface area (Å²) in [6, 6.07) is 11.1. The van der Waals surface area contributed by atoms with Gasteiger partial charge in [-0.25, -0.2) is 0 Å². The van der Waals surface area contributed by atoms with Gasteiger partial charge in [0.15, 0.2) is 0 Å². The average molecular weight is 430 g/mol. The van der Waals surface area contributed by atoms with Crippen molar-refractivity contribution in [3.63, 3.8) is 0 Å². The lowest BCUT2D eigenvalue weighted by Gasteiger charge is -2.38. The van der Waals surface area contributed by atoms with E-state index in [1.165, 1.54) is 12.1 Å². The Bertz CT molecular complexity index is 852. The van der Waals surface area contributed by atoms with Crippen molar-refractivity contribution in [2.45, 2.75) is 51.1 Å². The molecule has 2 aromatic carbocycles. The van der Waals surface area contributed by atoms with Gasteiger partial charge in [0.25, 0.3) is 0 Å². The lowest BCUT2D eigenvalue weighted by atomic mass is 9.79. The molecule has 2 aromatic rings. The molecule has 160 valence electrons. The predicted molar refractivity (Wildman–Crippen MR) is 110 cm³/mol. The fourth-order valence-electron chi connectivity index (χ4n) is 3.44. The lowest BCUT2D eigenvalue weighted by Crippen LogP contribution is -2.35. The molecule has 0 spiro atoms. The molecule has 3 nitrogen and oxygen atoms in total. The van der Waals surface area contributed by atoms with Gasteiger partial charge in [0.05, 0.1) is 5.56 Å². The summed E-state index contributed by atoms with van der Waals surface area (Å²) in [5.74, 6) is 1.14. The summed E-state index contributed by atoms with van der Waals surface area (Å²) in [4.78, 5) is 1.94. The highest BCUT2D eigenvalue weighted by Gasteiger charge is 2.36. The summed E-state index contributed by atoms with van der Waals surface area (Å²) in [6.45, 7) is 5.84. The van der Waals surface area contributed by atoms with E-state index in [9.17, 15) is 13.2 Å². The first-order chi connectivity index (χ1) is 13.0. The number of hydrogen-bond acceptors (Lipinski definition) is 3. The fraction of sp³-hybridized carbons (Fsp3) is 0.455. The Balaban J connectivity index is 0.00000300. The molecule has 0 saturated carbocycles. The Morgan fingerprint density at radius 2 is 1.83 bits per heavy atom. The van der Waals surface area contributed by atoms with E-state index in [1.807, 2.05) is 58.0 Å². The third kappa shape index (κ3) is 5.37. The topological polar surface area (TPSA) is 21.7 Å². The molecule has 29 heavy (non-hydrogen) atoms. The van der Waals surface area contributed by atoms with Gasteiger partial charge in [-0.2, -0.15) is 13.2 Å². The van der Waals surface area contributed by atoms with Crippen LogP contribution in [0.2, 0.25) is 0 Å². The molecule has 3 rings (SSSR count). The maximum absolute atomic E-state index is 13.2. The molecule has 0 N–H and O–H groups in total. The molecule has 1 aliphatic heterocycles. The van der Waals surface area contributed by atoms with Gasteiger partial charge >= 0.3 is 6.18 Å². The molecule has 0 aromatic heterocycles. The van der Waals surface area contributed by atoms with Crippen LogP contribution in [0, 0.1) is 0 Å². The largest absolute Gasteiger partial charge is 0.487 e. The zero-order chi connectivity index (χ0) is 20.7. The van der Waals surface area contributed by atoms with Gasteiger partial charge in [-0.3, -0.25) is 4.90 Å². The molecule has 0 saturated heterocycles. The number of ether oxygens (including phenoxy) is 2.